The molecule has 0 aliphatic rings. The first-order valence-corrected chi connectivity index (χ1v) is 7.49. The Bertz CT molecular complexity index is 467. The third-order valence-corrected chi connectivity index (χ3v) is 3.64. The number of carbonyl (C=O) groups excluding carboxylic acids is 1. The van der Waals surface area contributed by atoms with Crippen molar-refractivity contribution in [1.82, 2.24) is 4.90 Å². The molecule has 0 atom stereocenters. The molecule has 0 bridgehead atoms. The van der Waals surface area contributed by atoms with Gasteiger partial charge in [0, 0.05) is 19.4 Å². The van der Waals surface area contributed by atoms with E-state index >= 15 is 0 Å². The molecular formula is C14H18FNO4S. The maximum absolute atomic E-state index is 12.7. The Morgan fingerprint density at radius 2 is 2.00 bits per heavy atom. The van der Waals surface area contributed by atoms with E-state index in [0.29, 0.717) is 12.4 Å². The first-order chi connectivity index (χ1) is 10.0. The summed E-state index contributed by atoms with van der Waals surface area (Å²) in [5.41, 5.74) is 0.913. The Balaban J connectivity index is 2.41. The number of carbonyl (C=O) groups is 2. The third-order valence-electron chi connectivity index (χ3n) is 2.65. The highest BCUT2D eigenvalue weighted by molar-refractivity contribution is 7.99. The number of methoxy groups -OCH3 is 1. The molecule has 7 heteroatoms. The average Bonchev–Trinajstić information content (AvgIpc) is 2.45. The summed E-state index contributed by atoms with van der Waals surface area (Å²) >= 11 is 1.36. The fourth-order valence-corrected chi connectivity index (χ4v) is 2.47. The predicted molar refractivity (Wildman–Crippen MR) is 78.7 cm³/mol. The summed E-state index contributed by atoms with van der Waals surface area (Å²) in [5, 5.41) is 8.78. The van der Waals surface area contributed by atoms with Crippen LogP contribution in [0.4, 0.5) is 4.39 Å². The van der Waals surface area contributed by atoms with Crippen LogP contribution in [0.5, 0.6) is 0 Å². The van der Waals surface area contributed by atoms with Crippen LogP contribution in [0.2, 0.25) is 0 Å². The van der Waals surface area contributed by atoms with Crippen molar-refractivity contribution in [2.45, 2.75) is 5.75 Å². The minimum atomic E-state index is -1.05. The molecule has 1 rings (SSSR count). The van der Waals surface area contributed by atoms with E-state index in [4.69, 9.17) is 9.84 Å². The molecule has 0 saturated carbocycles. The second-order valence-corrected chi connectivity index (χ2v) is 5.31. The molecule has 0 saturated heterocycles. The molecule has 21 heavy (non-hydrogen) atoms. The topological polar surface area (TPSA) is 66.8 Å². The van der Waals surface area contributed by atoms with Gasteiger partial charge < -0.3 is 14.7 Å². The van der Waals surface area contributed by atoms with Gasteiger partial charge in [0.1, 0.15) is 12.4 Å². The molecule has 0 aromatic heterocycles. The van der Waals surface area contributed by atoms with Crippen LogP contribution in [0.25, 0.3) is 0 Å². The number of halogens is 1. The van der Waals surface area contributed by atoms with Gasteiger partial charge in [0.25, 0.3) is 0 Å². The standard InChI is InChI=1S/C14H18FNO4S/c1-20-7-6-16(8-14(18)19)13(17)10-21-9-11-2-4-12(15)5-3-11/h2-5H,6-10H2,1H3,(H,18,19). The van der Waals surface area contributed by atoms with E-state index in [1.165, 1.54) is 35.9 Å². The molecule has 0 spiro atoms. The van der Waals surface area contributed by atoms with Crippen molar-refractivity contribution in [3.63, 3.8) is 0 Å². The normalized spacial score (nSPS) is 10.4. The second kappa shape index (κ2) is 9.36. The lowest BCUT2D eigenvalue weighted by Gasteiger charge is -2.20. The van der Waals surface area contributed by atoms with Gasteiger partial charge in [-0.2, -0.15) is 0 Å². The van der Waals surface area contributed by atoms with Crippen molar-refractivity contribution in [3.8, 4) is 0 Å². The van der Waals surface area contributed by atoms with Gasteiger partial charge in [-0.25, -0.2) is 4.39 Å². The molecule has 1 N–H and O–H groups in total. The number of thioether (sulfide) groups is 1. The van der Waals surface area contributed by atoms with E-state index in [0.717, 1.165) is 5.56 Å². The maximum atomic E-state index is 12.7. The SMILES string of the molecule is COCCN(CC(=O)O)C(=O)CSCc1ccc(F)cc1. The summed E-state index contributed by atoms with van der Waals surface area (Å²) < 4.78 is 17.6. The zero-order valence-electron chi connectivity index (χ0n) is 11.8. The highest BCUT2D eigenvalue weighted by Crippen LogP contribution is 2.13. The number of hydrogen-bond acceptors (Lipinski definition) is 4. The molecule has 1 aromatic rings. The molecule has 0 aliphatic carbocycles. The second-order valence-electron chi connectivity index (χ2n) is 4.32. The lowest BCUT2D eigenvalue weighted by molar-refractivity contribution is -0.143. The van der Waals surface area contributed by atoms with E-state index in [1.807, 2.05) is 0 Å². The number of hydrogen-bond donors (Lipinski definition) is 1. The maximum Gasteiger partial charge on any atom is 0.323 e. The quantitative estimate of drug-likeness (QED) is 0.750. The van der Waals surface area contributed by atoms with Crippen molar-refractivity contribution < 1.29 is 23.8 Å². The van der Waals surface area contributed by atoms with E-state index in [9.17, 15) is 14.0 Å². The average molecular weight is 315 g/mol. The molecule has 0 unspecified atom stereocenters. The summed E-state index contributed by atoms with van der Waals surface area (Å²) in [4.78, 5) is 23.9. The number of ether oxygens (including phenoxy) is 1. The van der Waals surface area contributed by atoms with Gasteiger partial charge in [-0.3, -0.25) is 9.59 Å². The van der Waals surface area contributed by atoms with E-state index in [2.05, 4.69) is 0 Å². The molecule has 1 amide bonds. The summed E-state index contributed by atoms with van der Waals surface area (Å²) in [6.45, 7) is 0.208. The molecular weight excluding hydrogens is 297 g/mol. The van der Waals surface area contributed by atoms with Gasteiger partial charge >= 0.3 is 5.97 Å². The monoisotopic (exact) mass is 315 g/mol. The van der Waals surface area contributed by atoms with Crippen LogP contribution < -0.4 is 0 Å². The number of carboxylic acids is 1. The molecule has 1 aromatic carbocycles. The summed E-state index contributed by atoms with van der Waals surface area (Å²) in [7, 11) is 1.49. The molecule has 0 heterocycles. The van der Waals surface area contributed by atoms with Crippen molar-refractivity contribution >= 4 is 23.6 Å². The largest absolute Gasteiger partial charge is 0.480 e. The fraction of sp³-hybridized carbons (Fsp3) is 0.429. The van der Waals surface area contributed by atoms with E-state index in [1.54, 1.807) is 12.1 Å². The summed E-state index contributed by atoms with van der Waals surface area (Å²) in [6, 6.07) is 6.06. The van der Waals surface area contributed by atoms with Gasteiger partial charge in [0.2, 0.25) is 5.91 Å². The highest BCUT2D eigenvalue weighted by atomic mass is 32.2. The molecule has 0 aliphatic heterocycles. The van der Waals surface area contributed by atoms with E-state index in [-0.39, 0.29) is 30.6 Å². The Hall–Kier alpha value is -1.60. The molecule has 5 nitrogen and oxygen atoms in total. The number of aliphatic carboxylic acids is 1. The Kier molecular flexibility index (Phi) is 7.78. The zero-order valence-corrected chi connectivity index (χ0v) is 12.6. The highest BCUT2D eigenvalue weighted by Gasteiger charge is 2.16. The van der Waals surface area contributed by atoms with Crippen molar-refractivity contribution in [3.05, 3.63) is 35.6 Å². The molecule has 116 valence electrons. The van der Waals surface area contributed by atoms with Crippen LogP contribution in [0, 0.1) is 5.82 Å². The Morgan fingerprint density at radius 1 is 1.33 bits per heavy atom. The van der Waals surface area contributed by atoms with Crippen LogP contribution in [0.1, 0.15) is 5.56 Å². The van der Waals surface area contributed by atoms with Crippen molar-refractivity contribution in [1.29, 1.82) is 0 Å². The Morgan fingerprint density at radius 3 is 2.57 bits per heavy atom. The first-order valence-electron chi connectivity index (χ1n) is 6.33. The number of nitrogens with zero attached hydrogens (tertiary/aromatic N) is 1. The van der Waals surface area contributed by atoms with Gasteiger partial charge in [-0.15, -0.1) is 11.8 Å². The molecule has 0 fully saturated rings. The zero-order chi connectivity index (χ0) is 15.7. The lowest BCUT2D eigenvalue weighted by atomic mass is 10.2. The summed E-state index contributed by atoms with van der Waals surface area (Å²) in [5.74, 6) is -0.859. The first kappa shape index (κ1) is 17.5. The van der Waals surface area contributed by atoms with Crippen LogP contribution in [-0.2, 0) is 20.1 Å². The van der Waals surface area contributed by atoms with Gasteiger partial charge in [0.15, 0.2) is 0 Å². The van der Waals surface area contributed by atoms with Gasteiger partial charge in [0.05, 0.1) is 12.4 Å². The molecule has 0 radical (unpaired) electrons. The van der Waals surface area contributed by atoms with Gasteiger partial charge in [-0.1, -0.05) is 12.1 Å². The van der Waals surface area contributed by atoms with Crippen molar-refractivity contribution in [2.24, 2.45) is 0 Å². The van der Waals surface area contributed by atoms with Crippen LogP contribution in [0.3, 0.4) is 0 Å². The fourth-order valence-electron chi connectivity index (χ4n) is 1.58. The number of benzene rings is 1. The number of amides is 1. The smallest absolute Gasteiger partial charge is 0.323 e. The number of carboxylic acid groups (broad SMARTS) is 1. The van der Waals surface area contributed by atoms with Crippen molar-refractivity contribution in [2.75, 3.05) is 32.6 Å². The van der Waals surface area contributed by atoms with E-state index < -0.39 is 5.97 Å². The van der Waals surface area contributed by atoms with Crippen LogP contribution in [0.15, 0.2) is 24.3 Å². The minimum Gasteiger partial charge on any atom is -0.480 e. The minimum absolute atomic E-state index is 0.175. The predicted octanol–water partition coefficient (Wildman–Crippen LogP) is 1.62. The Labute approximate surface area is 127 Å². The van der Waals surface area contributed by atoms with Gasteiger partial charge in [-0.05, 0) is 17.7 Å². The number of rotatable bonds is 9. The third kappa shape index (κ3) is 7.10. The summed E-state index contributed by atoms with van der Waals surface area (Å²) in [6.07, 6.45) is 0. The van der Waals surface area contributed by atoms with Crippen LogP contribution in [-0.4, -0.2) is 54.4 Å². The van der Waals surface area contributed by atoms with Crippen LogP contribution >= 0.6 is 11.8 Å². The lowest BCUT2D eigenvalue weighted by Crippen LogP contribution is -2.39.